The van der Waals surface area contributed by atoms with Gasteiger partial charge in [0.2, 0.25) is 5.91 Å². The van der Waals surface area contributed by atoms with Crippen LogP contribution in [-0.2, 0) is 9.59 Å². The number of nitrogens with zero attached hydrogens (tertiary/aromatic N) is 2. The number of ether oxygens (including phenoxy) is 1. The summed E-state index contributed by atoms with van der Waals surface area (Å²) >= 11 is 3.23. The molecule has 0 radical (unpaired) electrons. The minimum absolute atomic E-state index is 0.0624. The van der Waals surface area contributed by atoms with E-state index < -0.39 is 17.9 Å². The number of imide groups is 1. The van der Waals surface area contributed by atoms with E-state index in [0.717, 1.165) is 4.90 Å². The third-order valence-electron chi connectivity index (χ3n) is 3.79. The van der Waals surface area contributed by atoms with E-state index in [1.165, 1.54) is 13.3 Å². The lowest BCUT2D eigenvalue weighted by Crippen LogP contribution is -2.48. The molecule has 2 aromatic rings. The van der Waals surface area contributed by atoms with Crippen molar-refractivity contribution in [1.82, 2.24) is 15.8 Å². The summed E-state index contributed by atoms with van der Waals surface area (Å²) in [5, 5.41) is 0. The number of nitrogens with one attached hydrogen (secondary N) is 2. The Hall–Kier alpha value is -2.78. The maximum Gasteiger partial charge on any atom is 0.266 e. The van der Waals surface area contributed by atoms with E-state index in [2.05, 4.69) is 31.8 Å². The molecule has 1 aromatic carbocycles. The van der Waals surface area contributed by atoms with Crippen molar-refractivity contribution < 1.29 is 19.1 Å². The molecule has 1 aliphatic rings. The second kappa shape index (κ2) is 7.63. The van der Waals surface area contributed by atoms with E-state index in [9.17, 15) is 14.4 Å². The highest BCUT2D eigenvalue weighted by molar-refractivity contribution is 9.10. The van der Waals surface area contributed by atoms with E-state index in [1.807, 2.05) is 0 Å². The van der Waals surface area contributed by atoms with Gasteiger partial charge in [0.1, 0.15) is 11.8 Å². The zero-order valence-electron chi connectivity index (χ0n) is 13.7. The van der Waals surface area contributed by atoms with Gasteiger partial charge in [0.05, 0.1) is 24.8 Å². The number of carbonyl (C=O) groups is 3. The van der Waals surface area contributed by atoms with Crippen LogP contribution in [0.2, 0.25) is 0 Å². The summed E-state index contributed by atoms with van der Waals surface area (Å²) in [5.74, 6) is -0.733. The number of methoxy groups -OCH3 is 1. The largest absolute Gasteiger partial charge is 0.497 e. The molecule has 26 heavy (non-hydrogen) atoms. The van der Waals surface area contributed by atoms with Crippen LogP contribution < -0.4 is 20.5 Å². The number of hydrogen-bond donors (Lipinski definition) is 2. The number of pyridine rings is 1. The number of hydrogen-bond acceptors (Lipinski definition) is 6. The summed E-state index contributed by atoms with van der Waals surface area (Å²) < 4.78 is 5.77. The minimum Gasteiger partial charge on any atom is -0.497 e. The lowest BCUT2D eigenvalue weighted by atomic mass is 10.2. The van der Waals surface area contributed by atoms with Crippen molar-refractivity contribution in [3.63, 3.8) is 0 Å². The molecule has 1 saturated heterocycles. The van der Waals surface area contributed by atoms with E-state index in [4.69, 9.17) is 4.74 Å². The van der Waals surface area contributed by atoms with Gasteiger partial charge >= 0.3 is 0 Å². The van der Waals surface area contributed by atoms with Gasteiger partial charge < -0.3 is 4.74 Å². The molecule has 9 heteroatoms. The molecule has 2 heterocycles. The molecule has 1 atom stereocenters. The van der Waals surface area contributed by atoms with E-state index >= 15 is 0 Å². The summed E-state index contributed by atoms with van der Waals surface area (Å²) in [4.78, 5) is 41.9. The Labute approximate surface area is 157 Å². The average molecular weight is 419 g/mol. The highest BCUT2D eigenvalue weighted by Crippen LogP contribution is 2.26. The highest BCUT2D eigenvalue weighted by Gasteiger charge is 2.39. The predicted molar refractivity (Wildman–Crippen MR) is 96.4 cm³/mol. The zero-order valence-corrected chi connectivity index (χ0v) is 15.3. The summed E-state index contributed by atoms with van der Waals surface area (Å²) in [5.41, 5.74) is 5.80. The van der Waals surface area contributed by atoms with Gasteiger partial charge in [0.25, 0.3) is 11.8 Å². The quantitative estimate of drug-likeness (QED) is 0.562. The summed E-state index contributed by atoms with van der Waals surface area (Å²) in [6, 6.07) is 7.40. The Bertz CT molecular complexity index is 873. The fourth-order valence-corrected chi connectivity index (χ4v) is 2.89. The van der Waals surface area contributed by atoms with Crippen molar-refractivity contribution in [2.45, 2.75) is 12.5 Å². The number of amides is 3. The van der Waals surface area contributed by atoms with Crippen LogP contribution in [0.5, 0.6) is 5.75 Å². The SMILES string of the molecule is COc1cccc(N2C(=O)C[C@H](NNC(=O)c3cncc(Br)c3)C2=O)c1. The summed E-state index contributed by atoms with van der Waals surface area (Å²) in [6.45, 7) is 0. The minimum atomic E-state index is -0.849. The molecule has 0 saturated carbocycles. The Morgan fingerprint density at radius 3 is 2.85 bits per heavy atom. The number of carbonyl (C=O) groups excluding carboxylic acids is 3. The first-order valence-electron chi connectivity index (χ1n) is 7.67. The number of aromatic nitrogens is 1. The lowest BCUT2D eigenvalue weighted by Gasteiger charge is -2.16. The fraction of sp³-hybridized carbons (Fsp3) is 0.176. The van der Waals surface area contributed by atoms with Gasteiger partial charge in [-0.3, -0.25) is 24.8 Å². The fourth-order valence-electron chi connectivity index (χ4n) is 2.53. The van der Waals surface area contributed by atoms with Gasteiger partial charge in [-0.2, -0.15) is 0 Å². The molecule has 3 rings (SSSR count). The molecule has 8 nitrogen and oxygen atoms in total. The predicted octanol–water partition coefficient (Wildman–Crippen LogP) is 1.42. The number of anilines is 1. The maximum atomic E-state index is 12.5. The first-order valence-corrected chi connectivity index (χ1v) is 8.46. The lowest BCUT2D eigenvalue weighted by molar-refractivity contribution is -0.121. The Morgan fingerprint density at radius 1 is 1.31 bits per heavy atom. The first-order chi connectivity index (χ1) is 12.5. The molecule has 0 unspecified atom stereocenters. The molecule has 3 amide bonds. The summed E-state index contributed by atoms with van der Waals surface area (Å²) in [6.07, 6.45) is 2.88. The molecule has 1 fully saturated rings. The van der Waals surface area contributed by atoms with Crippen LogP contribution in [0.25, 0.3) is 0 Å². The number of rotatable bonds is 5. The third kappa shape index (κ3) is 3.73. The van der Waals surface area contributed by atoms with Gasteiger partial charge in [-0.05, 0) is 34.1 Å². The molecule has 2 N–H and O–H groups in total. The van der Waals surface area contributed by atoms with Gasteiger partial charge in [-0.25, -0.2) is 10.3 Å². The molecule has 0 aliphatic carbocycles. The standard InChI is InChI=1S/C17H15BrN4O4/c1-26-13-4-2-3-12(6-13)22-15(23)7-14(17(22)25)20-21-16(24)10-5-11(18)9-19-8-10/h2-6,8-9,14,20H,7H2,1H3,(H,21,24)/t14-/m0/s1. The molecule has 0 spiro atoms. The van der Waals surface area contributed by atoms with Crippen LogP contribution in [0.3, 0.4) is 0 Å². The van der Waals surface area contributed by atoms with Crippen molar-refractivity contribution in [2.24, 2.45) is 0 Å². The van der Waals surface area contributed by atoms with Crippen molar-refractivity contribution in [3.8, 4) is 5.75 Å². The Balaban J connectivity index is 1.68. The van der Waals surface area contributed by atoms with Crippen molar-refractivity contribution in [3.05, 3.63) is 52.8 Å². The number of hydrazine groups is 1. The first kappa shape index (κ1) is 18.0. The van der Waals surface area contributed by atoms with E-state index in [1.54, 1.807) is 36.5 Å². The topological polar surface area (TPSA) is 101 Å². The molecular weight excluding hydrogens is 404 g/mol. The van der Waals surface area contributed by atoms with Crippen molar-refractivity contribution in [1.29, 1.82) is 0 Å². The zero-order chi connectivity index (χ0) is 18.7. The van der Waals surface area contributed by atoms with E-state index in [0.29, 0.717) is 21.5 Å². The second-order valence-corrected chi connectivity index (χ2v) is 6.43. The molecular formula is C17H15BrN4O4. The smallest absolute Gasteiger partial charge is 0.266 e. The van der Waals surface area contributed by atoms with Crippen LogP contribution in [0, 0.1) is 0 Å². The second-order valence-electron chi connectivity index (χ2n) is 5.52. The van der Waals surface area contributed by atoms with Gasteiger partial charge in [-0.15, -0.1) is 0 Å². The van der Waals surface area contributed by atoms with Gasteiger partial charge in [0, 0.05) is 22.9 Å². The Kier molecular flexibility index (Phi) is 5.29. The highest BCUT2D eigenvalue weighted by atomic mass is 79.9. The van der Waals surface area contributed by atoms with Gasteiger partial charge in [0.15, 0.2) is 0 Å². The summed E-state index contributed by atoms with van der Waals surface area (Å²) in [7, 11) is 1.50. The molecule has 1 aromatic heterocycles. The van der Waals surface area contributed by atoms with Crippen LogP contribution >= 0.6 is 15.9 Å². The van der Waals surface area contributed by atoms with Crippen molar-refractivity contribution >= 4 is 39.3 Å². The van der Waals surface area contributed by atoms with Crippen LogP contribution in [0.15, 0.2) is 47.2 Å². The molecule has 0 bridgehead atoms. The average Bonchev–Trinajstić information content (AvgIpc) is 2.93. The number of halogens is 1. The third-order valence-corrected chi connectivity index (χ3v) is 4.22. The van der Waals surface area contributed by atoms with E-state index in [-0.39, 0.29) is 12.3 Å². The number of benzene rings is 1. The van der Waals surface area contributed by atoms with Crippen LogP contribution in [-0.4, -0.2) is 35.9 Å². The maximum absolute atomic E-state index is 12.5. The van der Waals surface area contributed by atoms with Gasteiger partial charge in [-0.1, -0.05) is 6.07 Å². The van der Waals surface area contributed by atoms with Crippen LogP contribution in [0.1, 0.15) is 16.8 Å². The monoisotopic (exact) mass is 418 g/mol. The van der Waals surface area contributed by atoms with Crippen LogP contribution in [0.4, 0.5) is 5.69 Å². The normalized spacial score (nSPS) is 16.7. The van der Waals surface area contributed by atoms with Crippen molar-refractivity contribution in [2.75, 3.05) is 12.0 Å². The Morgan fingerprint density at radius 2 is 2.12 bits per heavy atom. The molecule has 134 valence electrons. The molecule has 1 aliphatic heterocycles.